The first-order valence-electron chi connectivity index (χ1n) is 7.22. The fourth-order valence-corrected chi connectivity index (χ4v) is 2.44. The number of hydrogen-bond donors (Lipinski definition) is 1. The molecule has 0 spiro atoms. The molecule has 1 aliphatic rings. The molecule has 21 heavy (non-hydrogen) atoms. The molecule has 1 aliphatic heterocycles. The van der Waals surface area contributed by atoms with E-state index in [1.165, 1.54) is 6.07 Å². The molecule has 0 aromatic carbocycles. The SMILES string of the molecule is NCCCCN1CCN(c2cccc(C(F)(F)F)n2)CC1. The Morgan fingerprint density at radius 3 is 2.43 bits per heavy atom. The van der Waals surface area contributed by atoms with Gasteiger partial charge >= 0.3 is 6.18 Å². The summed E-state index contributed by atoms with van der Waals surface area (Å²) in [6.07, 6.45) is -2.31. The molecular weight excluding hydrogens is 281 g/mol. The molecule has 0 atom stereocenters. The minimum atomic E-state index is -4.39. The van der Waals surface area contributed by atoms with Crippen LogP contribution in [-0.4, -0.2) is 49.2 Å². The number of halogens is 3. The van der Waals surface area contributed by atoms with E-state index >= 15 is 0 Å². The highest BCUT2D eigenvalue weighted by atomic mass is 19.4. The van der Waals surface area contributed by atoms with Gasteiger partial charge in [-0.1, -0.05) is 6.07 Å². The van der Waals surface area contributed by atoms with Crippen LogP contribution < -0.4 is 10.6 Å². The van der Waals surface area contributed by atoms with Crippen molar-refractivity contribution in [3.63, 3.8) is 0 Å². The van der Waals surface area contributed by atoms with Crippen molar-refractivity contribution in [2.24, 2.45) is 5.73 Å². The number of unbranched alkanes of at least 4 members (excludes halogenated alkanes) is 1. The highest BCUT2D eigenvalue weighted by Crippen LogP contribution is 2.29. The standard InChI is InChI=1S/C14H21F3N4/c15-14(16,17)12-4-3-5-13(19-12)21-10-8-20(9-11-21)7-2-1-6-18/h3-5H,1-2,6-11,18H2. The maximum Gasteiger partial charge on any atom is 0.433 e. The van der Waals surface area contributed by atoms with Gasteiger partial charge in [0.25, 0.3) is 0 Å². The molecule has 0 amide bonds. The zero-order chi connectivity index (χ0) is 15.3. The van der Waals surface area contributed by atoms with Gasteiger partial charge in [-0.05, 0) is 38.1 Å². The quantitative estimate of drug-likeness (QED) is 0.845. The van der Waals surface area contributed by atoms with Gasteiger partial charge in [0.1, 0.15) is 11.5 Å². The summed E-state index contributed by atoms with van der Waals surface area (Å²) < 4.78 is 38.0. The Morgan fingerprint density at radius 1 is 1.10 bits per heavy atom. The van der Waals surface area contributed by atoms with Crippen LogP contribution in [0.4, 0.5) is 19.0 Å². The maximum absolute atomic E-state index is 12.7. The molecule has 0 bridgehead atoms. The van der Waals surface area contributed by atoms with Crippen molar-refractivity contribution in [2.75, 3.05) is 44.2 Å². The van der Waals surface area contributed by atoms with Crippen LogP contribution in [0.1, 0.15) is 18.5 Å². The Labute approximate surface area is 122 Å². The Morgan fingerprint density at radius 2 is 1.81 bits per heavy atom. The summed E-state index contributed by atoms with van der Waals surface area (Å²) >= 11 is 0. The van der Waals surface area contributed by atoms with Crippen molar-refractivity contribution in [1.29, 1.82) is 0 Å². The summed E-state index contributed by atoms with van der Waals surface area (Å²) in [4.78, 5) is 7.96. The van der Waals surface area contributed by atoms with Crippen LogP contribution in [-0.2, 0) is 6.18 Å². The van der Waals surface area contributed by atoms with E-state index < -0.39 is 11.9 Å². The summed E-state index contributed by atoms with van der Waals surface area (Å²) in [6.45, 7) is 4.81. The number of pyridine rings is 1. The molecule has 2 heterocycles. The molecule has 0 unspecified atom stereocenters. The Balaban J connectivity index is 1.90. The molecule has 1 saturated heterocycles. The van der Waals surface area contributed by atoms with Crippen LogP contribution >= 0.6 is 0 Å². The van der Waals surface area contributed by atoms with Crippen LogP contribution in [0.25, 0.3) is 0 Å². The number of piperazine rings is 1. The van der Waals surface area contributed by atoms with E-state index in [0.29, 0.717) is 25.5 Å². The molecule has 2 rings (SSSR count). The highest BCUT2D eigenvalue weighted by molar-refractivity contribution is 5.40. The van der Waals surface area contributed by atoms with E-state index in [0.717, 1.165) is 38.5 Å². The van der Waals surface area contributed by atoms with Crippen LogP contribution in [0.15, 0.2) is 18.2 Å². The molecule has 4 nitrogen and oxygen atoms in total. The number of aromatic nitrogens is 1. The van der Waals surface area contributed by atoms with Crippen LogP contribution in [0.3, 0.4) is 0 Å². The van der Waals surface area contributed by atoms with Crippen molar-refractivity contribution >= 4 is 5.82 Å². The topological polar surface area (TPSA) is 45.4 Å². The lowest BCUT2D eigenvalue weighted by molar-refractivity contribution is -0.141. The van der Waals surface area contributed by atoms with E-state index in [1.54, 1.807) is 6.07 Å². The molecule has 0 saturated carbocycles. The Bertz CT molecular complexity index is 442. The molecule has 1 aromatic heterocycles. The smallest absolute Gasteiger partial charge is 0.354 e. The van der Waals surface area contributed by atoms with Gasteiger partial charge < -0.3 is 10.6 Å². The molecule has 7 heteroatoms. The maximum atomic E-state index is 12.7. The van der Waals surface area contributed by atoms with Crippen molar-refractivity contribution in [1.82, 2.24) is 9.88 Å². The summed E-state index contributed by atoms with van der Waals surface area (Å²) in [5, 5.41) is 0. The third kappa shape index (κ3) is 4.57. The molecule has 2 N–H and O–H groups in total. The Hall–Kier alpha value is -1.34. The minimum Gasteiger partial charge on any atom is -0.354 e. The van der Waals surface area contributed by atoms with Crippen LogP contribution in [0, 0.1) is 0 Å². The second-order valence-electron chi connectivity index (χ2n) is 5.20. The number of alkyl halides is 3. The van der Waals surface area contributed by atoms with Gasteiger partial charge in [0.05, 0.1) is 0 Å². The lowest BCUT2D eigenvalue weighted by atomic mass is 10.2. The monoisotopic (exact) mass is 302 g/mol. The second-order valence-corrected chi connectivity index (χ2v) is 5.20. The van der Waals surface area contributed by atoms with E-state index in [2.05, 4.69) is 9.88 Å². The first kappa shape index (κ1) is 16.0. The second kappa shape index (κ2) is 7.09. The predicted octanol–water partition coefficient (Wildman–Crippen LogP) is 1.96. The minimum absolute atomic E-state index is 0.409. The zero-order valence-electron chi connectivity index (χ0n) is 11.9. The fourth-order valence-electron chi connectivity index (χ4n) is 2.44. The lowest BCUT2D eigenvalue weighted by Gasteiger charge is -2.35. The van der Waals surface area contributed by atoms with Gasteiger partial charge in [-0.25, -0.2) is 4.98 Å². The van der Waals surface area contributed by atoms with Gasteiger partial charge in [-0.3, -0.25) is 4.90 Å². The van der Waals surface area contributed by atoms with Gasteiger partial charge in [0, 0.05) is 26.2 Å². The average molecular weight is 302 g/mol. The fraction of sp³-hybridized carbons (Fsp3) is 0.643. The normalized spacial score (nSPS) is 17.2. The largest absolute Gasteiger partial charge is 0.433 e. The van der Waals surface area contributed by atoms with Crippen molar-refractivity contribution in [2.45, 2.75) is 19.0 Å². The van der Waals surface area contributed by atoms with E-state index in [-0.39, 0.29) is 0 Å². The summed E-state index contributed by atoms with van der Waals surface area (Å²) in [7, 11) is 0. The molecule has 118 valence electrons. The summed E-state index contributed by atoms with van der Waals surface area (Å²) in [5.74, 6) is 0.409. The molecule has 1 fully saturated rings. The van der Waals surface area contributed by atoms with Crippen molar-refractivity contribution < 1.29 is 13.2 Å². The number of hydrogen-bond acceptors (Lipinski definition) is 4. The molecule has 0 radical (unpaired) electrons. The molecular formula is C14H21F3N4. The van der Waals surface area contributed by atoms with Gasteiger partial charge in [-0.15, -0.1) is 0 Å². The number of nitrogens with zero attached hydrogens (tertiary/aromatic N) is 3. The van der Waals surface area contributed by atoms with Crippen molar-refractivity contribution in [3.05, 3.63) is 23.9 Å². The Kier molecular flexibility index (Phi) is 5.41. The van der Waals surface area contributed by atoms with Crippen LogP contribution in [0.2, 0.25) is 0 Å². The lowest BCUT2D eigenvalue weighted by Crippen LogP contribution is -2.47. The first-order valence-corrected chi connectivity index (χ1v) is 7.22. The van der Waals surface area contributed by atoms with E-state index in [4.69, 9.17) is 5.73 Å². The number of anilines is 1. The van der Waals surface area contributed by atoms with Gasteiger partial charge in [0.2, 0.25) is 0 Å². The van der Waals surface area contributed by atoms with Crippen LogP contribution in [0.5, 0.6) is 0 Å². The average Bonchev–Trinajstić information content (AvgIpc) is 2.47. The molecule has 1 aromatic rings. The first-order chi connectivity index (χ1) is 10.0. The zero-order valence-corrected chi connectivity index (χ0v) is 11.9. The number of nitrogens with two attached hydrogens (primary N) is 1. The van der Waals surface area contributed by atoms with E-state index in [9.17, 15) is 13.2 Å². The number of rotatable bonds is 5. The third-order valence-corrected chi connectivity index (χ3v) is 3.65. The van der Waals surface area contributed by atoms with Gasteiger partial charge in [-0.2, -0.15) is 13.2 Å². The summed E-state index contributed by atoms with van der Waals surface area (Å²) in [5.41, 5.74) is 4.64. The molecule has 0 aliphatic carbocycles. The van der Waals surface area contributed by atoms with E-state index in [1.807, 2.05) is 4.90 Å². The van der Waals surface area contributed by atoms with Crippen molar-refractivity contribution in [3.8, 4) is 0 Å². The summed E-state index contributed by atoms with van der Waals surface area (Å²) in [6, 6.07) is 4.06. The van der Waals surface area contributed by atoms with Gasteiger partial charge in [0.15, 0.2) is 0 Å². The highest BCUT2D eigenvalue weighted by Gasteiger charge is 2.33. The third-order valence-electron chi connectivity index (χ3n) is 3.65. The predicted molar refractivity (Wildman–Crippen MR) is 76.2 cm³/mol.